The Kier molecular flexibility index (Phi) is 2.50. The lowest BCUT2D eigenvalue weighted by atomic mass is 10.0. The van der Waals surface area contributed by atoms with Crippen molar-refractivity contribution in [3.8, 4) is 0 Å². The molecule has 2 aromatic rings. The van der Waals surface area contributed by atoms with Gasteiger partial charge in [0.05, 0.1) is 0 Å². The van der Waals surface area contributed by atoms with E-state index in [2.05, 4.69) is 40.8 Å². The molecule has 0 aliphatic heterocycles. The summed E-state index contributed by atoms with van der Waals surface area (Å²) in [6.07, 6.45) is 1.80. The van der Waals surface area contributed by atoms with Gasteiger partial charge in [-0.3, -0.25) is 0 Å². The predicted molar refractivity (Wildman–Crippen MR) is 63.9 cm³/mol. The second kappa shape index (κ2) is 3.52. The van der Waals surface area contributed by atoms with Crippen molar-refractivity contribution in [2.24, 2.45) is 0 Å². The van der Waals surface area contributed by atoms with Crippen molar-refractivity contribution >= 4 is 38.3 Å². The summed E-state index contributed by atoms with van der Waals surface area (Å²) in [5.74, 6) is 0. The second-order valence-corrected chi connectivity index (χ2v) is 4.54. The molecular weight excluding hydrogens is 261 g/mol. The fraction of sp³-hybridized carbons (Fsp3) is 0.182. The Labute approximate surface area is 96.2 Å². The van der Waals surface area contributed by atoms with Crippen molar-refractivity contribution in [1.29, 1.82) is 0 Å². The number of halogens is 2. The number of aromatic nitrogens is 1. The Morgan fingerprint density at radius 2 is 2.00 bits per heavy atom. The summed E-state index contributed by atoms with van der Waals surface area (Å²) in [7, 11) is 0. The van der Waals surface area contributed by atoms with Gasteiger partial charge in [-0.05, 0) is 53.0 Å². The molecule has 1 aromatic carbocycles. The summed E-state index contributed by atoms with van der Waals surface area (Å²) >= 11 is 9.43. The standard InChI is InChI=1S/C11H9BrClN/c1-6-3-8-5-14-10(13)4-9(8)11(12)7(6)2/h3-5H,1-2H3. The lowest BCUT2D eigenvalue weighted by molar-refractivity contribution is 1.31. The van der Waals surface area contributed by atoms with Gasteiger partial charge in [-0.1, -0.05) is 11.6 Å². The minimum atomic E-state index is 0.529. The van der Waals surface area contributed by atoms with Gasteiger partial charge in [0.15, 0.2) is 0 Å². The molecule has 0 atom stereocenters. The van der Waals surface area contributed by atoms with Gasteiger partial charge in [-0.15, -0.1) is 0 Å². The summed E-state index contributed by atoms with van der Waals surface area (Å²) in [6, 6.07) is 4.01. The van der Waals surface area contributed by atoms with E-state index in [1.54, 1.807) is 6.20 Å². The van der Waals surface area contributed by atoms with Crippen LogP contribution < -0.4 is 0 Å². The van der Waals surface area contributed by atoms with Crippen molar-refractivity contribution < 1.29 is 0 Å². The lowest BCUT2D eigenvalue weighted by Gasteiger charge is -2.07. The van der Waals surface area contributed by atoms with E-state index in [0.717, 1.165) is 15.2 Å². The summed E-state index contributed by atoms with van der Waals surface area (Å²) in [4.78, 5) is 4.06. The molecule has 1 heterocycles. The fourth-order valence-electron chi connectivity index (χ4n) is 1.46. The lowest BCUT2D eigenvalue weighted by Crippen LogP contribution is -1.86. The topological polar surface area (TPSA) is 12.9 Å². The molecule has 3 heteroatoms. The van der Waals surface area contributed by atoms with Crippen molar-refractivity contribution in [2.45, 2.75) is 13.8 Å². The first-order valence-corrected chi connectivity index (χ1v) is 5.47. The van der Waals surface area contributed by atoms with Crippen molar-refractivity contribution in [3.05, 3.63) is 39.1 Å². The predicted octanol–water partition coefficient (Wildman–Crippen LogP) is 4.27. The first kappa shape index (κ1) is 9.94. The minimum Gasteiger partial charge on any atom is -0.244 e. The third-order valence-electron chi connectivity index (χ3n) is 2.43. The second-order valence-electron chi connectivity index (χ2n) is 3.36. The third kappa shape index (κ3) is 1.53. The Morgan fingerprint density at radius 3 is 2.71 bits per heavy atom. The smallest absolute Gasteiger partial charge is 0.129 e. The molecule has 1 aromatic heterocycles. The SMILES string of the molecule is Cc1cc2cnc(Cl)cc2c(Br)c1C. The zero-order valence-corrected chi connectivity index (χ0v) is 10.3. The van der Waals surface area contributed by atoms with E-state index in [9.17, 15) is 0 Å². The molecule has 14 heavy (non-hydrogen) atoms. The summed E-state index contributed by atoms with van der Waals surface area (Å²) in [6.45, 7) is 4.18. The highest BCUT2D eigenvalue weighted by atomic mass is 79.9. The normalized spacial score (nSPS) is 10.9. The number of aryl methyl sites for hydroxylation is 1. The molecular formula is C11H9BrClN. The fourth-order valence-corrected chi connectivity index (χ4v) is 2.28. The minimum absolute atomic E-state index is 0.529. The maximum absolute atomic E-state index is 5.85. The molecule has 0 N–H and O–H groups in total. The highest BCUT2D eigenvalue weighted by molar-refractivity contribution is 9.10. The van der Waals surface area contributed by atoms with E-state index in [1.165, 1.54) is 11.1 Å². The zero-order valence-electron chi connectivity index (χ0n) is 7.94. The van der Waals surface area contributed by atoms with Crippen LogP contribution >= 0.6 is 27.5 Å². The molecule has 0 fully saturated rings. The molecule has 0 bridgehead atoms. The van der Waals surface area contributed by atoms with Gasteiger partial charge in [0.25, 0.3) is 0 Å². The van der Waals surface area contributed by atoms with Crippen molar-refractivity contribution in [3.63, 3.8) is 0 Å². The Morgan fingerprint density at radius 1 is 1.29 bits per heavy atom. The first-order chi connectivity index (χ1) is 6.59. The molecule has 1 nitrogen and oxygen atoms in total. The number of hydrogen-bond acceptors (Lipinski definition) is 1. The van der Waals surface area contributed by atoms with Crippen LogP contribution in [-0.4, -0.2) is 4.98 Å². The van der Waals surface area contributed by atoms with Crippen LogP contribution in [0.4, 0.5) is 0 Å². The van der Waals surface area contributed by atoms with Gasteiger partial charge >= 0.3 is 0 Å². The van der Waals surface area contributed by atoms with Crippen molar-refractivity contribution in [2.75, 3.05) is 0 Å². The summed E-state index contributed by atoms with van der Waals surface area (Å²) in [5.41, 5.74) is 2.51. The maximum Gasteiger partial charge on any atom is 0.129 e. The molecule has 0 unspecified atom stereocenters. The quantitative estimate of drug-likeness (QED) is 0.652. The number of rotatable bonds is 0. The molecule has 72 valence electrons. The van der Waals surface area contributed by atoms with Crippen LogP contribution in [0, 0.1) is 13.8 Å². The molecule has 0 amide bonds. The van der Waals surface area contributed by atoms with E-state index in [-0.39, 0.29) is 0 Å². The molecule has 0 aliphatic rings. The van der Waals surface area contributed by atoms with E-state index < -0.39 is 0 Å². The van der Waals surface area contributed by atoms with Gasteiger partial charge in [-0.25, -0.2) is 4.98 Å². The van der Waals surface area contributed by atoms with E-state index >= 15 is 0 Å². The van der Waals surface area contributed by atoms with Gasteiger partial charge in [-0.2, -0.15) is 0 Å². The Balaban J connectivity index is 2.92. The maximum atomic E-state index is 5.85. The molecule has 0 radical (unpaired) electrons. The molecule has 0 spiro atoms. The Hall–Kier alpha value is -0.600. The number of fused-ring (bicyclic) bond motifs is 1. The van der Waals surface area contributed by atoms with Crippen LogP contribution in [0.5, 0.6) is 0 Å². The van der Waals surface area contributed by atoms with Crippen LogP contribution in [0.2, 0.25) is 5.15 Å². The highest BCUT2D eigenvalue weighted by Gasteiger charge is 2.05. The van der Waals surface area contributed by atoms with E-state index in [4.69, 9.17) is 11.6 Å². The highest BCUT2D eigenvalue weighted by Crippen LogP contribution is 2.30. The first-order valence-electron chi connectivity index (χ1n) is 4.30. The third-order valence-corrected chi connectivity index (χ3v) is 3.66. The van der Waals surface area contributed by atoms with Gasteiger partial charge in [0, 0.05) is 21.4 Å². The van der Waals surface area contributed by atoms with Gasteiger partial charge in [0.2, 0.25) is 0 Å². The zero-order chi connectivity index (χ0) is 10.3. The van der Waals surface area contributed by atoms with Crippen LogP contribution in [0.1, 0.15) is 11.1 Å². The average Bonchev–Trinajstić information content (AvgIpc) is 2.16. The summed E-state index contributed by atoms with van der Waals surface area (Å²) < 4.78 is 1.11. The number of nitrogens with zero attached hydrogens (tertiary/aromatic N) is 1. The Bertz CT molecular complexity index is 508. The summed E-state index contributed by atoms with van der Waals surface area (Å²) in [5, 5.41) is 2.76. The number of pyridine rings is 1. The van der Waals surface area contributed by atoms with E-state index in [1.807, 2.05) is 6.07 Å². The largest absolute Gasteiger partial charge is 0.244 e. The number of benzene rings is 1. The molecule has 0 aliphatic carbocycles. The molecule has 0 saturated heterocycles. The van der Waals surface area contributed by atoms with Crippen LogP contribution in [0.15, 0.2) is 22.8 Å². The van der Waals surface area contributed by atoms with Crippen LogP contribution in [-0.2, 0) is 0 Å². The van der Waals surface area contributed by atoms with Crippen LogP contribution in [0.3, 0.4) is 0 Å². The van der Waals surface area contributed by atoms with Crippen molar-refractivity contribution in [1.82, 2.24) is 4.98 Å². The van der Waals surface area contributed by atoms with Crippen LogP contribution in [0.25, 0.3) is 10.8 Å². The van der Waals surface area contributed by atoms with E-state index in [0.29, 0.717) is 5.15 Å². The average molecular weight is 271 g/mol. The monoisotopic (exact) mass is 269 g/mol. The number of hydrogen-bond donors (Lipinski definition) is 0. The van der Waals surface area contributed by atoms with Gasteiger partial charge < -0.3 is 0 Å². The van der Waals surface area contributed by atoms with Gasteiger partial charge in [0.1, 0.15) is 5.15 Å². The molecule has 2 rings (SSSR count). The molecule has 0 saturated carbocycles.